The van der Waals surface area contributed by atoms with Crippen molar-refractivity contribution in [2.24, 2.45) is 10.8 Å². The van der Waals surface area contributed by atoms with Gasteiger partial charge in [-0.1, -0.05) is 263 Å². The lowest BCUT2D eigenvalue weighted by Crippen LogP contribution is -2.39. The second-order valence-electron chi connectivity index (χ2n) is 20.3. The first-order valence-corrected chi connectivity index (χ1v) is 27.1. The molecule has 422 valence electrons. The Morgan fingerprint density at radius 1 is 0.455 bits per heavy atom. The number of alkyl halides is 1. The topological polar surface area (TPSA) is 77.7 Å². The van der Waals surface area contributed by atoms with Crippen LogP contribution in [0.3, 0.4) is 0 Å². The molecule has 2 aliphatic heterocycles. The maximum Gasteiger partial charge on any atom is 0.313 e. The Labute approximate surface area is 482 Å². The smallest absolute Gasteiger partial charge is 0.313 e. The molecule has 2 saturated heterocycles. The molecule has 6 nitrogen and oxygen atoms in total. The summed E-state index contributed by atoms with van der Waals surface area (Å²) in [7, 11) is 0. The summed E-state index contributed by atoms with van der Waals surface area (Å²) in [5.74, 6) is 0.245. The number of hydrogen-bond donors (Lipinski definition) is 0. The lowest BCUT2D eigenvalue weighted by atomic mass is 9.66. The summed E-state index contributed by atoms with van der Waals surface area (Å²) < 4.78 is 23.7. The molecular formula is C70H99IO6. The van der Waals surface area contributed by atoms with Gasteiger partial charge in [0.25, 0.3) is 0 Å². The Morgan fingerprint density at radius 3 is 1.06 bits per heavy atom. The molecule has 77 heavy (non-hydrogen) atoms. The van der Waals surface area contributed by atoms with Crippen molar-refractivity contribution in [3.05, 3.63) is 215 Å². The highest BCUT2D eigenvalue weighted by molar-refractivity contribution is 14.1. The summed E-state index contributed by atoms with van der Waals surface area (Å²) in [6.45, 7) is 8.31. The molecule has 10 unspecified atom stereocenters. The van der Waals surface area contributed by atoms with Gasteiger partial charge in [-0.2, -0.15) is 0 Å². The SMILES string of the molecule is C.C.C.C.C.C.C.CCC(c1ccccc1)C(C)(CCC(CC(CC(CC(CC(c1ccccc1)C(C)(CI)C(=O)OCC1CO1)c1ccccc1)c1ccccc1)c1ccccc1)c1ccccc1)C(=O)OCC1CO1. The lowest BCUT2D eigenvalue weighted by molar-refractivity contribution is -0.158. The molecule has 6 aromatic carbocycles. The van der Waals surface area contributed by atoms with Crippen LogP contribution in [0.15, 0.2) is 182 Å². The summed E-state index contributed by atoms with van der Waals surface area (Å²) in [5.41, 5.74) is 6.01. The Morgan fingerprint density at radius 2 is 0.740 bits per heavy atom. The number of esters is 2. The number of carbonyl (C=O) groups is 2. The van der Waals surface area contributed by atoms with Crippen LogP contribution in [-0.4, -0.2) is 55.0 Å². The van der Waals surface area contributed by atoms with Crippen molar-refractivity contribution in [1.29, 1.82) is 0 Å². The zero-order chi connectivity index (χ0) is 48.8. The third kappa shape index (κ3) is 18.8. The zero-order valence-corrected chi connectivity index (χ0v) is 43.4. The van der Waals surface area contributed by atoms with Crippen LogP contribution in [0.1, 0.15) is 187 Å². The highest BCUT2D eigenvalue weighted by Gasteiger charge is 2.46. The molecular weight excluding hydrogens is 1060 g/mol. The summed E-state index contributed by atoms with van der Waals surface area (Å²) in [6.07, 6.45) is 5.81. The fourth-order valence-corrected chi connectivity index (χ4v) is 12.0. The molecule has 6 aromatic rings. The molecule has 10 atom stereocenters. The van der Waals surface area contributed by atoms with E-state index in [2.05, 4.69) is 219 Å². The molecule has 2 aliphatic rings. The number of hydrogen-bond acceptors (Lipinski definition) is 6. The van der Waals surface area contributed by atoms with Crippen molar-refractivity contribution < 1.29 is 28.5 Å². The van der Waals surface area contributed by atoms with Gasteiger partial charge in [0.2, 0.25) is 0 Å². The quantitative estimate of drug-likeness (QED) is 0.0221. The van der Waals surface area contributed by atoms with E-state index in [1.807, 2.05) is 6.07 Å². The third-order valence-electron chi connectivity index (χ3n) is 15.5. The van der Waals surface area contributed by atoms with Crippen LogP contribution >= 0.6 is 22.6 Å². The van der Waals surface area contributed by atoms with E-state index in [4.69, 9.17) is 18.9 Å². The average Bonchev–Trinajstić information content (AvgIpc) is 4.38. The largest absolute Gasteiger partial charge is 0.462 e. The fourth-order valence-electron chi connectivity index (χ4n) is 11.1. The van der Waals surface area contributed by atoms with E-state index in [1.54, 1.807) is 0 Å². The number of carbonyl (C=O) groups excluding carboxylic acids is 2. The second kappa shape index (κ2) is 34.0. The van der Waals surface area contributed by atoms with Crippen molar-refractivity contribution >= 4 is 34.5 Å². The van der Waals surface area contributed by atoms with Gasteiger partial charge in [0.1, 0.15) is 25.4 Å². The van der Waals surface area contributed by atoms with Crippen LogP contribution < -0.4 is 0 Å². The van der Waals surface area contributed by atoms with Gasteiger partial charge in [-0.25, -0.2) is 0 Å². The summed E-state index contributed by atoms with van der Waals surface area (Å²) in [4.78, 5) is 28.9. The Bertz CT molecular complexity index is 2480. The first-order chi connectivity index (χ1) is 34.2. The fraction of sp³-hybridized carbons (Fsp3) is 0.457. The predicted molar refractivity (Wildman–Crippen MR) is 337 cm³/mol. The van der Waals surface area contributed by atoms with Crippen LogP contribution in [0, 0.1) is 10.8 Å². The predicted octanol–water partition coefficient (Wildman–Crippen LogP) is 19.2. The molecule has 0 bridgehead atoms. The van der Waals surface area contributed by atoms with Crippen molar-refractivity contribution in [3.8, 4) is 0 Å². The summed E-state index contributed by atoms with van der Waals surface area (Å²) >= 11 is 2.40. The first-order valence-electron chi connectivity index (χ1n) is 25.6. The molecule has 2 heterocycles. The van der Waals surface area contributed by atoms with E-state index in [9.17, 15) is 9.59 Å². The minimum absolute atomic E-state index is 0. The van der Waals surface area contributed by atoms with E-state index in [0.29, 0.717) is 37.3 Å². The molecule has 0 radical (unpaired) electrons. The van der Waals surface area contributed by atoms with Crippen LogP contribution in [0.25, 0.3) is 0 Å². The first kappa shape index (κ1) is 69.9. The Balaban J connectivity index is 0.00000423. The van der Waals surface area contributed by atoms with Gasteiger partial charge in [-0.15, -0.1) is 0 Å². The molecule has 0 N–H and O–H groups in total. The van der Waals surface area contributed by atoms with Gasteiger partial charge in [-0.05, 0) is 122 Å². The third-order valence-corrected chi connectivity index (χ3v) is 17.1. The highest BCUT2D eigenvalue weighted by Crippen LogP contribution is 2.50. The van der Waals surface area contributed by atoms with Gasteiger partial charge in [0.05, 0.1) is 24.0 Å². The molecule has 8 rings (SSSR count). The van der Waals surface area contributed by atoms with E-state index >= 15 is 0 Å². The number of epoxide rings is 2. The molecule has 0 amide bonds. The lowest BCUT2D eigenvalue weighted by Gasteiger charge is -2.38. The maximum atomic E-state index is 14.5. The van der Waals surface area contributed by atoms with Crippen LogP contribution in [-0.2, 0) is 28.5 Å². The normalized spacial score (nSPS) is 17.7. The summed E-state index contributed by atoms with van der Waals surface area (Å²) in [5, 5.41) is 0. The van der Waals surface area contributed by atoms with Crippen molar-refractivity contribution in [2.45, 2.75) is 165 Å². The van der Waals surface area contributed by atoms with Gasteiger partial charge < -0.3 is 18.9 Å². The molecule has 0 saturated carbocycles. The highest BCUT2D eigenvalue weighted by atomic mass is 127. The second-order valence-corrected chi connectivity index (χ2v) is 21.1. The molecule has 0 aliphatic carbocycles. The number of halogens is 1. The van der Waals surface area contributed by atoms with E-state index in [1.165, 1.54) is 27.8 Å². The van der Waals surface area contributed by atoms with E-state index < -0.39 is 10.8 Å². The molecule has 0 aromatic heterocycles. The van der Waals surface area contributed by atoms with E-state index in [-0.39, 0.29) is 112 Å². The maximum absolute atomic E-state index is 14.5. The van der Waals surface area contributed by atoms with Crippen molar-refractivity contribution in [3.63, 3.8) is 0 Å². The van der Waals surface area contributed by atoms with Crippen LogP contribution in [0.4, 0.5) is 0 Å². The minimum Gasteiger partial charge on any atom is -0.462 e. The average molecular weight is 1160 g/mol. The van der Waals surface area contributed by atoms with Gasteiger partial charge in [0, 0.05) is 10.3 Å². The summed E-state index contributed by atoms with van der Waals surface area (Å²) in [6, 6.07) is 65.2. The molecule has 2 fully saturated rings. The standard InChI is InChI=1S/C63H71IO6.7CH4/c1-4-58(50-31-19-9-20-32-50)62(2,60(65)69-43-56-41-67-56)36-35-52(46-23-11-5-12-24-46)37-53(47-25-13-6-14-26-47)38-54(48-27-15-7-16-28-48)39-55(49-29-17-8-18-30-49)40-59(51-33-21-10-22-34-51)63(3,45-64)61(66)70-44-57-42-68-57;;;;;;;/h5-34,52-59H,4,35-45H2,1-3H3;7*1H4. The van der Waals surface area contributed by atoms with Crippen LogP contribution in [0.2, 0.25) is 0 Å². The monoisotopic (exact) mass is 1160 g/mol. The molecule has 0 spiro atoms. The van der Waals surface area contributed by atoms with Crippen molar-refractivity contribution in [1.82, 2.24) is 0 Å². The van der Waals surface area contributed by atoms with Crippen LogP contribution in [0.5, 0.6) is 0 Å². The van der Waals surface area contributed by atoms with Gasteiger partial charge >= 0.3 is 11.9 Å². The molecule has 7 heteroatoms. The zero-order valence-electron chi connectivity index (χ0n) is 41.3. The Hall–Kier alpha value is -5.09. The number of rotatable bonds is 27. The van der Waals surface area contributed by atoms with E-state index in [0.717, 1.165) is 44.1 Å². The van der Waals surface area contributed by atoms with Gasteiger partial charge in [-0.3, -0.25) is 9.59 Å². The minimum atomic E-state index is -0.772. The number of benzene rings is 6. The number of ether oxygens (including phenoxy) is 4. The van der Waals surface area contributed by atoms with Gasteiger partial charge in [0.15, 0.2) is 0 Å². The Kier molecular flexibility index (Phi) is 30.9. The van der Waals surface area contributed by atoms with Crippen molar-refractivity contribution in [2.75, 3.05) is 30.9 Å².